The summed E-state index contributed by atoms with van der Waals surface area (Å²) in [5, 5.41) is 22.8. The molecule has 4 nitrogen and oxygen atoms in total. The van der Waals surface area contributed by atoms with Crippen LogP contribution in [0.4, 0.5) is 0 Å². The molecule has 0 radical (unpaired) electrons. The lowest BCUT2D eigenvalue weighted by molar-refractivity contribution is -0.888. The van der Waals surface area contributed by atoms with Gasteiger partial charge < -0.3 is 32.2 Å². The fourth-order valence-corrected chi connectivity index (χ4v) is 0.429. The number of hydrogen-bond donors (Lipinski definition) is 3. The van der Waals surface area contributed by atoms with Gasteiger partial charge in [-0.15, -0.1) is 0 Å². The highest BCUT2D eigenvalue weighted by atomic mass is 35.5. The van der Waals surface area contributed by atoms with Crippen LogP contribution in [0.15, 0.2) is 0 Å². The average molecular weight is 202 g/mol. The molecule has 0 bridgehead atoms. The SMILES string of the molecule is CC[N+](C)(C)CCO.OCO.[Cl-]. The average Bonchev–Trinajstić information content (AvgIpc) is 1.90. The highest BCUT2D eigenvalue weighted by Crippen LogP contribution is 1.92. The van der Waals surface area contributed by atoms with Crippen molar-refractivity contribution in [1.29, 1.82) is 0 Å². The van der Waals surface area contributed by atoms with E-state index in [-0.39, 0.29) is 12.4 Å². The van der Waals surface area contributed by atoms with E-state index >= 15 is 0 Å². The van der Waals surface area contributed by atoms with Gasteiger partial charge in [0.2, 0.25) is 0 Å². The van der Waals surface area contributed by atoms with E-state index in [1.54, 1.807) is 0 Å². The molecule has 0 rings (SSSR count). The molecule has 0 aromatic carbocycles. The van der Waals surface area contributed by atoms with Crippen LogP contribution in [0, 0.1) is 0 Å². The van der Waals surface area contributed by atoms with E-state index in [1.807, 2.05) is 0 Å². The first-order chi connectivity index (χ1) is 5.04. The van der Waals surface area contributed by atoms with Crippen LogP contribution >= 0.6 is 0 Å². The normalized spacial score (nSPS) is 9.50. The molecule has 0 atom stereocenters. The summed E-state index contributed by atoms with van der Waals surface area (Å²) in [6.07, 6.45) is 0. The van der Waals surface area contributed by atoms with E-state index in [2.05, 4.69) is 21.0 Å². The van der Waals surface area contributed by atoms with Crippen molar-refractivity contribution in [1.82, 2.24) is 0 Å². The predicted molar refractivity (Wildman–Crippen MR) is 43.9 cm³/mol. The molecule has 3 N–H and O–H groups in total. The fraction of sp³-hybridized carbons (Fsp3) is 1.00. The van der Waals surface area contributed by atoms with E-state index in [9.17, 15) is 0 Å². The molecular formula is C7H20ClNO3. The minimum Gasteiger partial charge on any atom is -1.00 e. The highest BCUT2D eigenvalue weighted by Gasteiger charge is 2.08. The summed E-state index contributed by atoms with van der Waals surface area (Å²) < 4.78 is 0.913. The summed E-state index contributed by atoms with van der Waals surface area (Å²) in [6, 6.07) is 0. The zero-order chi connectivity index (χ0) is 9.33. The Morgan fingerprint density at radius 2 is 1.42 bits per heavy atom. The van der Waals surface area contributed by atoms with E-state index < -0.39 is 6.79 Å². The van der Waals surface area contributed by atoms with Gasteiger partial charge in [-0.05, 0) is 6.92 Å². The minimum absolute atomic E-state index is 0. The number of rotatable bonds is 3. The Bertz CT molecular complexity index is 81.1. The van der Waals surface area contributed by atoms with Gasteiger partial charge in [0.05, 0.1) is 27.2 Å². The Kier molecular flexibility index (Phi) is 16.7. The Balaban J connectivity index is -0.000000177. The molecule has 0 aliphatic heterocycles. The van der Waals surface area contributed by atoms with E-state index in [0.717, 1.165) is 17.6 Å². The zero-order valence-corrected chi connectivity index (χ0v) is 8.75. The number of hydrogen-bond acceptors (Lipinski definition) is 3. The smallest absolute Gasteiger partial charge is 0.140 e. The Morgan fingerprint density at radius 1 is 1.08 bits per heavy atom. The van der Waals surface area contributed by atoms with Crippen molar-refractivity contribution in [3.05, 3.63) is 0 Å². The van der Waals surface area contributed by atoms with Crippen LogP contribution in [0.1, 0.15) is 6.92 Å². The molecule has 0 fully saturated rings. The molecule has 0 amide bonds. The van der Waals surface area contributed by atoms with Gasteiger partial charge in [-0.2, -0.15) is 0 Å². The van der Waals surface area contributed by atoms with Crippen LogP contribution in [-0.2, 0) is 0 Å². The van der Waals surface area contributed by atoms with Crippen molar-refractivity contribution < 1.29 is 32.2 Å². The minimum atomic E-state index is -0.750. The summed E-state index contributed by atoms with van der Waals surface area (Å²) >= 11 is 0. The highest BCUT2D eigenvalue weighted by molar-refractivity contribution is 4.24. The van der Waals surface area contributed by atoms with Crippen molar-refractivity contribution in [2.45, 2.75) is 6.92 Å². The summed E-state index contributed by atoms with van der Waals surface area (Å²) in [5.74, 6) is 0. The molecule has 5 heteroatoms. The number of nitrogens with zero attached hydrogens (tertiary/aromatic N) is 1. The third kappa shape index (κ3) is 16.6. The van der Waals surface area contributed by atoms with Gasteiger partial charge in [-0.25, -0.2) is 0 Å². The molecule has 0 aromatic rings. The molecule has 0 saturated carbocycles. The first kappa shape index (κ1) is 18.0. The molecule has 0 heterocycles. The lowest BCUT2D eigenvalue weighted by Crippen LogP contribution is -3.00. The number of halogens is 1. The number of aliphatic hydroxyl groups excluding tert-OH is 2. The maximum absolute atomic E-state index is 8.52. The Hall–Kier alpha value is 0.130. The molecule has 0 spiro atoms. The molecule has 0 aliphatic carbocycles. The van der Waals surface area contributed by atoms with Crippen LogP contribution in [0.2, 0.25) is 0 Å². The number of likely N-dealkylation sites (N-methyl/N-ethyl adjacent to an activating group) is 1. The van der Waals surface area contributed by atoms with Gasteiger partial charge in [-0.3, -0.25) is 0 Å². The van der Waals surface area contributed by atoms with Crippen molar-refractivity contribution in [2.75, 3.05) is 40.6 Å². The zero-order valence-electron chi connectivity index (χ0n) is 8.00. The lowest BCUT2D eigenvalue weighted by atomic mass is 10.5. The van der Waals surface area contributed by atoms with Crippen molar-refractivity contribution >= 4 is 0 Å². The summed E-state index contributed by atoms with van der Waals surface area (Å²) in [6.45, 7) is 3.60. The maximum atomic E-state index is 8.52. The van der Waals surface area contributed by atoms with Gasteiger partial charge in [0, 0.05) is 0 Å². The molecule has 78 valence electrons. The topological polar surface area (TPSA) is 60.7 Å². The predicted octanol–water partition coefficient (Wildman–Crippen LogP) is -3.99. The second kappa shape index (κ2) is 11.1. The number of quaternary nitrogens is 1. The molecule has 0 unspecified atom stereocenters. The quantitative estimate of drug-likeness (QED) is 0.322. The molecule has 0 aliphatic rings. The lowest BCUT2D eigenvalue weighted by Gasteiger charge is -2.26. The monoisotopic (exact) mass is 201 g/mol. The first-order valence-electron chi connectivity index (χ1n) is 3.68. The van der Waals surface area contributed by atoms with Crippen LogP contribution < -0.4 is 12.4 Å². The maximum Gasteiger partial charge on any atom is 0.140 e. The summed E-state index contributed by atoms with van der Waals surface area (Å²) in [5.41, 5.74) is 0. The molecular weight excluding hydrogens is 182 g/mol. The van der Waals surface area contributed by atoms with Crippen molar-refractivity contribution in [3.8, 4) is 0 Å². The largest absolute Gasteiger partial charge is 1.00 e. The van der Waals surface area contributed by atoms with Gasteiger partial charge in [0.15, 0.2) is 0 Å². The van der Waals surface area contributed by atoms with Crippen LogP contribution in [0.5, 0.6) is 0 Å². The molecule has 0 aromatic heterocycles. The number of aliphatic hydroxyl groups is 3. The van der Waals surface area contributed by atoms with Gasteiger partial charge in [-0.1, -0.05) is 0 Å². The second-order valence-electron chi connectivity index (χ2n) is 2.84. The van der Waals surface area contributed by atoms with E-state index in [4.69, 9.17) is 15.3 Å². The van der Waals surface area contributed by atoms with E-state index in [0.29, 0.717) is 6.61 Å². The van der Waals surface area contributed by atoms with E-state index in [1.165, 1.54) is 0 Å². The van der Waals surface area contributed by atoms with Gasteiger partial charge in [0.25, 0.3) is 0 Å². The van der Waals surface area contributed by atoms with Crippen molar-refractivity contribution in [2.24, 2.45) is 0 Å². The second-order valence-corrected chi connectivity index (χ2v) is 2.84. The standard InChI is InChI=1S/C6H16NO.CH4O2.ClH/c1-4-7(2,3)5-6-8;2-1-3;/h8H,4-6H2,1-3H3;2-3H,1H2;1H/q+1;;/p-1. The Labute approximate surface area is 80.4 Å². The Morgan fingerprint density at radius 3 is 1.50 bits per heavy atom. The molecule has 12 heavy (non-hydrogen) atoms. The molecule has 0 saturated heterocycles. The van der Waals surface area contributed by atoms with Gasteiger partial charge in [0.1, 0.15) is 13.3 Å². The summed E-state index contributed by atoms with van der Waals surface area (Å²) in [7, 11) is 4.21. The fourth-order valence-electron chi connectivity index (χ4n) is 0.429. The van der Waals surface area contributed by atoms with Crippen molar-refractivity contribution in [3.63, 3.8) is 0 Å². The van der Waals surface area contributed by atoms with Crippen LogP contribution in [0.25, 0.3) is 0 Å². The van der Waals surface area contributed by atoms with Gasteiger partial charge >= 0.3 is 0 Å². The summed E-state index contributed by atoms with van der Waals surface area (Å²) in [4.78, 5) is 0. The third-order valence-electron chi connectivity index (χ3n) is 1.56. The van der Waals surface area contributed by atoms with Crippen LogP contribution in [0.3, 0.4) is 0 Å². The van der Waals surface area contributed by atoms with Crippen LogP contribution in [-0.4, -0.2) is 60.4 Å². The first-order valence-corrected chi connectivity index (χ1v) is 3.68. The third-order valence-corrected chi connectivity index (χ3v) is 1.56.